The van der Waals surface area contributed by atoms with Crippen LogP contribution in [-0.4, -0.2) is 18.5 Å². The zero-order chi connectivity index (χ0) is 13.4. The smallest absolute Gasteiger partial charge is 0.171 e. The van der Waals surface area contributed by atoms with Crippen molar-refractivity contribution < 1.29 is 9.53 Å². The highest BCUT2D eigenvalue weighted by Crippen LogP contribution is 2.39. The molecule has 0 bridgehead atoms. The lowest BCUT2D eigenvalue weighted by molar-refractivity contribution is 0.0764. The van der Waals surface area contributed by atoms with Crippen LogP contribution in [0.4, 0.5) is 0 Å². The summed E-state index contributed by atoms with van der Waals surface area (Å²) in [6.45, 7) is 2.42. The number of hydrogen-bond donors (Lipinski definition) is 0. The maximum atomic E-state index is 12.4. The minimum atomic E-state index is -0.239. The molecule has 1 aromatic carbocycles. The Kier molecular flexibility index (Phi) is 4.45. The fourth-order valence-electron chi connectivity index (χ4n) is 2.05. The summed E-state index contributed by atoms with van der Waals surface area (Å²) in [5.41, 5.74) is 0.232. The van der Waals surface area contributed by atoms with E-state index in [0.717, 1.165) is 0 Å². The van der Waals surface area contributed by atoms with E-state index in [9.17, 15) is 4.79 Å². The van der Waals surface area contributed by atoms with Gasteiger partial charge in [-0.3, -0.25) is 4.79 Å². The molecular formula is C12H10Cl4O2. The minimum absolute atomic E-state index is 0.110. The van der Waals surface area contributed by atoms with Crippen LogP contribution in [0.15, 0.2) is 6.07 Å². The zero-order valence-electron chi connectivity index (χ0n) is 9.47. The Balaban J connectivity index is 2.45. The summed E-state index contributed by atoms with van der Waals surface area (Å²) in [6, 6.07) is 1.44. The molecule has 2 unspecified atom stereocenters. The van der Waals surface area contributed by atoms with E-state index in [4.69, 9.17) is 51.1 Å². The van der Waals surface area contributed by atoms with Crippen molar-refractivity contribution >= 4 is 52.2 Å². The lowest BCUT2D eigenvalue weighted by atomic mass is 9.92. The average Bonchev–Trinajstić information content (AvgIpc) is 2.72. The Morgan fingerprint density at radius 1 is 1.22 bits per heavy atom. The summed E-state index contributed by atoms with van der Waals surface area (Å²) in [7, 11) is 0. The van der Waals surface area contributed by atoms with Crippen LogP contribution in [0, 0.1) is 5.92 Å². The van der Waals surface area contributed by atoms with E-state index < -0.39 is 0 Å². The molecule has 2 rings (SSSR count). The van der Waals surface area contributed by atoms with E-state index in [1.165, 1.54) is 6.07 Å². The van der Waals surface area contributed by atoms with Gasteiger partial charge in [-0.05, 0) is 19.4 Å². The highest BCUT2D eigenvalue weighted by Gasteiger charge is 2.34. The second-order valence-electron chi connectivity index (χ2n) is 4.18. The first kappa shape index (κ1) is 14.4. The third-order valence-electron chi connectivity index (χ3n) is 3.07. The van der Waals surface area contributed by atoms with Gasteiger partial charge in [-0.1, -0.05) is 46.4 Å². The van der Waals surface area contributed by atoms with Gasteiger partial charge in [0.25, 0.3) is 0 Å². The van der Waals surface area contributed by atoms with Gasteiger partial charge >= 0.3 is 0 Å². The first-order valence-electron chi connectivity index (χ1n) is 5.42. The fraction of sp³-hybridized carbons (Fsp3) is 0.417. The molecule has 0 spiro atoms. The summed E-state index contributed by atoms with van der Waals surface area (Å²) in [4.78, 5) is 12.4. The zero-order valence-corrected chi connectivity index (χ0v) is 12.5. The van der Waals surface area contributed by atoms with Gasteiger partial charge in [-0.2, -0.15) is 0 Å². The van der Waals surface area contributed by atoms with E-state index in [2.05, 4.69) is 0 Å². The van der Waals surface area contributed by atoms with Gasteiger partial charge in [-0.25, -0.2) is 0 Å². The molecule has 0 amide bonds. The van der Waals surface area contributed by atoms with Crippen molar-refractivity contribution in [3.8, 4) is 0 Å². The predicted octanol–water partition coefficient (Wildman–Crippen LogP) is 4.91. The third-order valence-corrected chi connectivity index (χ3v) is 4.63. The summed E-state index contributed by atoms with van der Waals surface area (Å²) < 4.78 is 5.38. The Morgan fingerprint density at radius 3 is 2.44 bits per heavy atom. The van der Waals surface area contributed by atoms with E-state index >= 15 is 0 Å². The molecule has 0 saturated carbocycles. The Bertz CT molecular complexity index is 501. The Labute approximate surface area is 125 Å². The lowest BCUT2D eigenvalue weighted by Gasteiger charge is -2.15. The highest BCUT2D eigenvalue weighted by atomic mass is 35.5. The number of carbonyl (C=O) groups excluding carboxylic acids is 1. The number of benzene rings is 1. The molecule has 1 heterocycles. The molecule has 6 heteroatoms. The minimum Gasteiger partial charge on any atom is -0.378 e. The van der Waals surface area contributed by atoms with E-state index in [1.54, 1.807) is 0 Å². The second kappa shape index (κ2) is 5.56. The SMILES string of the molecule is CC1OCCC1C(=O)c1c(Cl)cc(Cl)c(Cl)c1Cl. The number of hydrogen-bond acceptors (Lipinski definition) is 2. The summed E-state index contributed by atoms with van der Waals surface area (Å²) in [5, 5.41) is 0.716. The lowest BCUT2D eigenvalue weighted by Crippen LogP contribution is -2.22. The first-order chi connectivity index (χ1) is 8.43. The number of ether oxygens (including phenoxy) is 1. The number of halogens is 4. The topological polar surface area (TPSA) is 26.3 Å². The molecule has 1 saturated heterocycles. The summed E-state index contributed by atoms with van der Waals surface area (Å²) in [5.74, 6) is -0.384. The van der Waals surface area contributed by atoms with Crippen molar-refractivity contribution in [2.24, 2.45) is 5.92 Å². The van der Waals surface area contributed by atoms with Crippen LogP contribution in [0.1, 0.15) is 23.7 Å². The highest BCUT2D eigenvalue weighted by molar-refractivity contribution is 6.51. The van der Waals surface area contributed by atoms with Crippen LogP contribution in [0.25, 0.3) is 0 Å². The van der Waals surface area contributed by atoms with Gasteiger partial charge in [0.15, 0.2) is 5.78 Å². The van der Waals surface area contributed by atoms with E-state index in [-0.39, 0.29) is 43.5 Å². The third kappa shape index (κ3) is 2.50. The van der Waals surface area contributed by atoms with Crippen LogP contribution in [-0.2, 0) is 4.74 Å². The van der Waals surface area contributed by atoms with Crippen molar-refractivity contribution in [1.29, 1.82) is 0 Å². The molecule has 1 aliphatic heterocycles. The van der Waals surface area contributed by atoms with Crippen LogP contribution in [0.3, 0.4) is 0 Å². The van der Waals surface area contributed by atoms with Crippen LogP contribution in [0.5, 0.6) is 0 Å². The maximum absolute atomic E-state index is 12.4. The molecule has 0 radical (unpaired) electrons. The molecular weight excluding hydrogens is 318 g/mol. The Hall–Kier alpha value is 0.01000. The summed E-state index contributed by atoms with van der Waals surface area (Å²) in [6.07, 6.45) is 0.520. The normalized spacial score (nSPS) is 23.4. The molecule has 2 nitrogen and oxygen atoms in total. The van der Waals surface area contributed by atoms with Crippen molar-refractivity contribution in [3.63, 3.8) is 0 Å². The van der Waals surface area contributed by atoms with Crippen molar-refractivity contribution in [2.45, 2.75) is 19.4 Å². The molecule has 98 valence electrons. The van der Waals surface area contributed by atoms with Crippen LogP contribution < -0.4 is 0 Å². The number of ketones is 1. The van der Waals surface area contributed by atoms with E-state index in [0.29, 0.717) is 13.0 Å². The number of carbonyl (C=O) groups is 1. The summed E-state index contributed by atoms with van der Waals surface area (Å²) >= 11 is 23.9. The van der Waals surface area contributed by atoms with Gasteiger partial charge in [0.05, 0.1) is 37.7 Å². The van der Waals surface area contributed by atoms with Crippen molar-refractivity contribution in [3.05, 3.63) is 31.7 Å². The molecule has 0 N–H and O–H groups in total. The van der Waals surface area contributed by atoms with Crippen molar-refractivity contribution in [2.75, 3.05) is 6.61 Å². The molecule has 0 aromatic heterocycles. The van der Waals surface area contributed by atoms with E-state index in [1.807, 2.05) is 6.92 Å². The largest absolute Gasteiger partial charge is 0.378 e. The van der Waals surface area contributed by atoms with Gasteiger partial charge in [0.2, 0.25) is 0 Å². The van der Waals surface area contributed by atoms with Crippen LogP contribution in [0.2, 0.25) is 20.1 Å². The van der Waals surface area contributed by atoms with Gasteiger partial charge in [0.1, 0.15) is 0 Å². The van der Waals surface area contributed by atoms with Gasteiger partial charge in [-0.15, -0.1) is 0 Å². The standard InChI is InChI=1S/C12H10Cl4O2/c1-5-6(2-3-18-5)12(17)9-7(13)4-8(14)10(15)11(9)16/h4-6H,2-3H2,1H3. The van der Waals surface area contributed by atoms with Gasteiger partial charge in [0, 0.05) is 6.61 Å². The Morgan fingerprint density at radius 2 is 1.89 bits per heavy atom. The molecule has 2 atom stereocenters. The average molecular weight is 328 g/mol. The fourth-order valence-corrected chi connectivity index (χ4v) is 3.15. The quantitative estimate of drug-likeness (QED) is 0.438. The number of rotatable bonds is 2. The molecule has 1 aromatic rings. The van der Waals surface area contributed by atoms with Crippen molar-refractivity contribution in [1.82, 2.24) is 0 Å². The maximum Gasteiger partial charge on any atom is 0.171 e. The molecule has 1 fully saturated rings. The molecule has 0 aliphatic carbocycles. The number of Topliss-reactive ketones (excluding diaryl/α,β-unsaturated/α-hetero) is 1. The molecule has 18 heavy (non-hydrogen) atoms. The monoisotopic (exact) mass is 326 g/mol. The first-order valence-corrected chi connectivity index (χ1v) is 6.93. The van der Waals surface area contributed by atoms with Gasteiger partial charge < -0.3 is 4.74 Å². The predicted molar refractivity (Wildman–Crippen MR) is 74.3 cm³/mol. The molecule has 1 aliphatic rings. The second-order valence-corrected chi connectivity index (χ2v) is 5.75. The van der Waals surface area contributed by atoms with Crippen LogP contribution >= 0.6 is 46.4 Å².